The predicted molar refractivity (Wildman–Crippen MR) is 122 cm³/mol. The van der Waals surface area contributed by atoms with Crippen molar-refractivity contribution in [2.45, 2.75) is 112 Å². The molecule has 0 heterocycles. The van der Waals surface area contributed by atoms with Gasteiger partial charge in [-0.1, -0.05) is 85.3 Å². The van der Waals surface area contributed by atoms with Gasteiger partial charge in [0, 0.05) is 0 Å². The standard InChI is InChI=1S/C28H48/c1-19(2)9-7-10-20(3)24-14-15-25-22-12-13-23-21(4)11-8-17-27(23,5)26(22)16-18-28(24,25)6/h12,19-21,23-26H,7-11,13-18H2,1-6H3/t20?,21?,23?,24-,25+,26+,27+,28-/m1/s1. The molecule has 28 heavy (non-hydrogen) atoms. The summed E-state index contributed by atoms with van der Waals surface area (Å²) in [5, 5.41) is 0. The maximum atomic E-state index is 2.80. The van der Waals surface area contributed by atoms with E-state index in [0.29, 0.717) is 10.8 Å². The first-order valence-electron chi connectivity index (χ1n) is 13.0. The second-order valence-electron chi connectivity index (χ2n) is 12.6. The first-order chi connectivity index (χ1) is 13.3. The van der Waals surface area contributed by atoms with Crippen molar-refractivity contribution in [3.63, 3.8) is 0 Å². The molecule has 0 N–H and O–H groups in total. The Kier molecular flexibility index (Phi) is 5.83. The maximum absolute atomic E-state index is 2.80. The molecule has 0 aromatic rings. The van der Waals surface area contributed by atoms with Crippen LogP contribution in [0.1, 0.15) is 112 Å². The molecule has 3 unspecified atom stereocenters. The van der Waals surface area contributed by atoms with Crippen LogP contribution in [0.25, 0.3) is 0 Å². The van der Waals surface area contributed by atoms with Gasteiger partial charge in [-0.15, -0.1) is 0 Å². The van der Waals surface area contributed by atoms with Crippen molar-refractivity contribution in [2.24, 2.45) is 52.3 Å². The number of allylic oxidation sites excluding steroid dienone is 2. The SMILES string of the molecule is CC(C)CCCC(C)[C@H]1CC[C@H]2C3=CCC4C(C)CCC[C@]4(C)[C@H]3CC[C@]12C. The highest BCUT2D eigenvalue weighted by atomic mass is 14.6. The van der Waals surface area contributed by atoms with Crippen molar-refractivity contribution in [1.82, 2.24) is 0 Å². The molecule has 0 radical (unpaired) electrons. The Bertz CT molecular complexity index is 585. The minimum atomic E-state index is 0.600. The highest BCUT2D eigenvalue weighted by Crippen LogP contribution is 2.67. The van der Waals surface area contributed by atoms with Crippen LogP contribution in [0.3, 0.4) is 0 Å². The van der Waals surface area contributed by atoms with Gasteiger partial charge in [-0.05, 0) is 90.8 Å². The topological polar surface area (TPSA) is 0 Å². The van der Waals surface area contributed by atoms with Gasteiger partial charge in [0.15, 0.2) is 0 Å². The number of hydrogen-bond acceptors (Lipinski definition) is 0. The summed E-state index contributed by atoms with van der Waals surface area (Å²) in [6, 6.07) is 0. The van der Waals surface area contributed by atoms with Crippen LogP contribution in [-0.2, 0) is 0 Å². The first kappa shape index (κ1) is 21.0. The summed E-state index contributed by atoms with van der Waals surface area (Å²) < 4.78 is 0. The van der Waals surface area contributed by atoms with E-state index in [1.807, 2.05) is 5.57 Å². The van der Waals surface area contributed by atoms with E-state index >= 15 is 0 Å². The summed E-state index contributed by atoms with van der Waals surface area (Å²) in [6.07, 6.45) is 19.0. The summed E-state index contributed by atoms with van der Waals surface area (Å²) >= 11 is 0. The normalized spacial score (nSPS) is 46.5. The Morgan fingerprint density at radius 1 is 0.929 bits per heavy atom. The molecular weight excluding hydrogens is 336 g/mol. The maximum Gasteiger partial charge on any atom is -0.0143 e. The van der Waals surface area contributed by atoms with Crippen molar-refractivity contribution in [3.8, 4) is 0 Å². The predicted octanol–water partition coefficient (Wildman–Crippen LogP) is 8.66. The van der Waals surface area contributed by atoms with E-state index in [9.17, 15) is 0 Å². The minimum absolute atomic E-state index is 0.600. The molecule has 0 aliphatic heterocycles. The molecule has 0 nitrogen and oxygen atoms in total. The van der Waals surface area contributed by atoms with Gasteiger partial charge >= 0.3 is 0 Å². The van der Waals surface area contributed by atoms with Crippen LogP contribution in [-0.4, -0.2) is 0 Å². The molecule has 0 spiro atoms. The molecular formula is C28H48. The molecule has 0 aromatic heterocycles. The third kappa shape index (κ3) is 3.33. The average Bonchev–Trinajstić information content (AvgIpc) is 2.98. The summed E-state index contributed by atoms with van der Waals surface area (Å²) in [6.45, 7) is 15.3. The fourth-order valence-electron chi connectivity index (χ4n) is 9.05. The van der Waals surface area contributed by atoms with E-state index in [-0.39, 0.29) is 0 Å². The van der Waals surface area contributed by atoms with Crippen LogP contribution < -0.4 is 0 Å². The molecule has 0 heteroatoms. The van der Waals surface area contributed by atoms with Gasteiger partial charge in [-0.3, -0.25) is 0 Å². The third-order valence-electron chi connectivity index (χ3n) is 10.6. The molecule has 0 amide bonds. The third-order valence-corrected chi connectivity index (χ3v) is 10.6. The largest absolute Gasteiger partial charge is 0.0844 e. The van der Waals surface area contributed by atoms with Crippen molar-refractivity contribution in [2.75, 3.05) is 0 Å². The molecule has 0 bridgehead atoms. The van der Waals surface area contributed by atoms with Crippen molar-refractivity contribution in [3.05, 3.63) is 11.6 Å². The van der Waals surface area contributed by atoms with Gasteiger partial charge in [-0.25, -0.2) is 0 Å². The lowest BCUT2D eigenvalue weighted by molar-refractivity contribution is -0.0286. The van der Waals surface area contributed by atoms with Gasteiger partial charge in [0.25, 0.3) is 0 Å². The fourth-order valence-corrected chi connectivity index (χ4v) is 9.05. The van der Waals surface area contributed by atoms with Crippen molar-refractivity contribution >= 4 is 0 Å². The van der Waals surface area contributed by atoms with Crippen molar-refractivity contribution < 1.29 is 0 Å². The smallest absolute Gasteiger partial charge is 0.0143 e. The number of fused-ring (bicyclic) bond motifs is 5. The molecule has 3 saturated carbocycles. The lowest BCUT2D eigenvalue weighted by Crippen LogP contribution is -2.50. The zero-order valence-corrected chi connectivity index (χ0v) is 19.9. The van der Waals surface area contributed by atoms with Gasteiger partial charge in [-0.2, -0.15) is 0 Å². The van der Waals surface area contributed by atoms with Gasteiger partial charge in [0.2, 0.25) is 0 Å². The zero-order chi connectivity index (χ0) is 20.1. The van der Waals surface area contributed by atoms with Gasteiger partial charge in [0.05, 0.1) is 0 Å². The van der Waals surface area contributed by atoms with E-state index in [1.54, 1.807) is 0 Å². The Balaban J connectivity index is 1.51. The lowest BCUT2D eigenvalue weighted by Gasteiger charge is -2.58. The first-order valence-corrected chi connectivity index (χ1v) is 13.0. The van der Waals surface area contributed by atoms with Crippen LogP contribution in [0, 0.1) is 52.3 Å². The quantitative estimate of drug-likeness (QED) is 0.416. The fraction of sp³-hybridized carbons (Fsp3) is 0.929. The Hall–Kier alpha value is -0.260. The number of hydrogen-bond donors (Lipinski definition) is 0. The van der Waals surface area contributed by atoms with Gasteiger partial charge < -0.3 is 0 Å². The zero-order valence-electron chi connectivity index (χ0n) is 19.9. The van der Waals surface area contributed by atoms with Crippen LogP contribution in [0.15, 0.2) is 11.6 Å². The second kappa shape index (κ2) is 7.77. The second-order valence-corrected chi connectivity index (χ2v) is 12.6. The molecule has 4 aliphatic rings. The minimum Gasteiger partial charge on any atom is -0.0844 e. The molecule has 0 saturated heterocycles. The van der Waals surface area contributed by atoms with E-state index < -0.39 is 0 Å². The Morgan fingerprint density at radius 2 is 1.68 bits per heavy atom. The Morgan fingerprint density at radius 3 is 2.43 bits per heavy atom. The van der Waals surface area contributed by atoms with Crippen LogP contribution in [0.2, 0.25) is 0 Å². The summed E-state index contributed by atoms with van der Waals surface area (Å²) in [7, 11) is 0. The molecule has 4 aliphatic carbocycles. The van der Waals surface area contributed by atoms with E-state index in [4.69, 9.17) is 0 Å². The van der Waals surface area contributed by atoms with E-state index in [1.165, 1.54) is 70.6 Å². The molecule has 8 atom stereocenters. The molecule has 0 aromatic carbocycles. The van der Waals surface area contributed by atoms with Gasteiger partial charge in [0.1, 0.15) is 0 Å². The summed E-state index contributed by atoms with van der Waals surface area (Å²) in [5.41, 5.74) is 3.17. The molecule has 3 fully saturated rings. The van der Waals surface area contributed by atoms with Crippen LogP contribution >= 0.6 is 0 Å². The average molecular weight is 385 g/mol. The van der Waals surface area contributed by atoms with E-state index in [2.05, 4.69) is 47.6 Å². The highest BCUT2D eigenvalue weighted by Gasteiger charge is 2.58. The summed E-state index contributed by atoms with van der Waals surface area (Å²) in [4.78, 5) is 0. The Labute approximate surface area is 176 Å². The highest BCUT2D eigenvalue weighted by molar-refractivity contribution is 5.27. The monoisotopic (exact) mass is 384 g/mol. The summed E-state index contributed by atoms with van der Waals surface area (Å²) in [5.74, 6) is 6.51. The number of rotatable bonds is 5. The van der Waals surface area contributed by atoms with Crippen LogP contribution in [0.5, 0.6) is 0 Å². The lowest BCUT2D eigenvalue weighted by atomic mass is 9.46. The van der Waals surface area contributed by atoms with Crippen LogP contribution in [0.4, 0.5) is 0 Å². The molecule has 160 valence electrons. The van der Waals surface area contributed by atoms with Crippen molar-refractivity contribution in [1.29, 1.82) is 0 Å². The molecule has 4 rings (SSSR count). The van der Waals surface area contributed by atoms with E-state index in [0.717, 1.165) is 41.4 Å².